The monoisotopic (exact) mass is 291 g/mol. The first-order chi connectivity index (χ1) is 10.3. The first kappa shape index (κ1) is 13.4. The summed E-state index contributed by atoms with van der Waals surface area (Å²) in [5, 5.41) is 0. The highest BCUT2D eigenvalue weighted by atomic mass is 16.6. The predicted octanol–water partition coefficient (Wildman–Crippen LogP) is 1.38. The minimum absolute atomic E-state index is 0.282. The van der Waals surface area contributed by atoms with Gasteiger partial charge in [0, 0.05) is 24.8 Å². The molecule has 0 amide bonds. The van der Waals surface area contributed by atoms with Gasteiger partial charge >= 0.3 is 0 Å². The van der Waals surface area contributed by atoms with Crippen LogP contribution >= 0.6 is 0 Å². The number of anilines is 1. The van der Waals surface area contributed by atoms with Crippen molar-refractivity contribution >= 4 is 5.69 Å². The van der Waals surface area contributed by atoms with Gasteiger partial charge in [-0.05, 0) is 24.6 Å². The predicted molar refractivity (Wildman–Crippen MR) is 78.1 cm³/mol. The van der Waals surface area contributed by atoms with Crippen LogP contribution in [0.25, 0.3) is 0 Å². The third kappa shape index (κ3) is 3.87. The molecule has 0 aromatic heterocycles. The molecule has 3 saturated heterocycles. The molecule has 3 atom stereocenters. The van der Waals surface area contributed by atoms with Crippen molar-refractivity contribution in [2.45, 2.75) is 25.2 Å². The van der Waals surface area contributed by atoms with Gasteiger partial charge < -0.3 is 23.8 Å². The van der Waals surface area contributed by atoms with Crippen LogP contribution in [-0.4, -0.2) is 57.8 Å². The zero-order valence-corrected chi connectivity index (χ0v) is 12.3. The second-order valence-corrected chi connectivity index (χ2v) is 6.09. The summed E-state index contributed by atoms with van der Waals surface area (Å²) >= 11 is 0. The van der Waals surface area contributed by atoms with Crippen LogP contribution in [0.2, 0.25) is 0 Å². The van der Waals surface area contributed by atoms with Crippen LogP contribution in [0.1, 0.15) is 5.56 Å². The van der Waals surface area contributed by atoms with Crippen LogP contribution in [0, 0.1) is 6.92 Å². The van der Waals surface area contributed by atoms with Gasteiger partial charge in [-0.3, -0.25) is 0 Å². The van der Waals surface area contributed by atoms with Crippen LogP contribution < -0.4 is 9.64 Å². The maximum Gasteiger partial charge on any atom is 0.121 e. The number of nitrogens with zero attached hydrogens (tertiary/aromatic N) is 1. The van der Waals surface area contributed by atoms with E-state index in [9.17, 15) is 0 Å². The molecule has 5 heteroatoms. The minimum Gasteiger partial charge on any atom is -0.491 e. The van der Waals surface area contributed by atoms with Gasteiger partial charge in [-0.15, -0.1) is 0 Å². The van der Waals surface area contributed by atoms with Crippen molar-refractivity contribution in [3.8, 4) is 5.75 Å². The van der Waals surface area contributed by atoms with Gasteiger partial charge in [0.2, 0.25) is 0 Å². The van der Waals surface area contributed by atoms with Gasteiger partial charge in [0.25, 0.3) is 0 Å². The Labute approximate surface area is 124 Å². The van der Waals surface area contributed by atoms with Crippen LogP contribution in [0.3, 0.4) is 0 Å². The topological polar surface area (TPSA) is 50.1 Å². The molecule has 3 heterocycles. The Balaban J connectivity index is 1.48. The Morgan fingerprint density at radius 2 is 1.62 bits per heavy atom. The number of ether oxygens (including phenoxy) is 4. The SMILES string of the molecule is Cc1cc(OCC2CO2)cc(N(CC2CO2)CC2CO2)c1. The smallest absolute Gasteiger partial charge is 0.121 e. The first-order valence-electron chi connectivity index (χ1n) is 7.60. The highest BCUT2D eigenvalue weighted by molar-refractivity contribution is 5.53. The molecular weight excluding hydrogens is 270 g/mol. The molecule has 3 unspecified atom stereocenters. The van der Waals surface area contributed by atoms with Crippen LogP contribution in [-0.2, 0) is 14.2 Å². The zero-order chi connectivity index (χ0) is 14.2. The molecule has 1 aromatic rings. The summed E-state index contributed by atoms with van der Waals surface area (Å²) in [5.74, 6) is 0.916. The van der Waals surface area contributed by atoms with Crippen molar-refractivity contribution in [2.24, 2.45) is 0 Å². The van der Waals surface area contributed by atoms with E-state index in [4.69, 9.17) is 18.9 Å². The van der Waals surface area contributed by atoms with Gasteiger partial charge in [-0.2, -0.15) is 0 Å². The van der Waals surface area contributed by atoms with Crippen LogP contribution in [0.15, 0.2) is 18.2 Å². The van der Waals surface area contributed by atoms with Gasteiger partial charge in [0.15, 0.2) is 0 Å². The van der Waals surface area contributed by atoms with Crippen molar-refractivity contribution in [1.82, 2.24) is 0 Å². The average molecular weight is 291 g/mol. The van der Waals surface area contributed by atoms with Crippen molar-refractivity contribution < 1.29 is 18.9 Å². The van der Waals surface area contributed by atoms with Gasteiger partial charge in [0.05, 0.1) is 32.0 Å². The Kier molecular flexibility index (Phi) is 3.49. The van der Waals surface area contributed by atoms with Crippen molar-refractivity contribution in [3.05, 3.63) is 23.8 Å². The fraction of sp³-hybridized carbons (Fsp3) is 0.625. The molecule has 5 nitrogen and oxygen atoms in total. The van der Waals surface area contributed by atoms with Crippen molar-refractivity contribution in [3.63, 3.8) is 0 Å². The van der Waals surface area contributed by atoms with Crippen LogP contribution in [0.5, 0.6) is 5.75 Å². The third-order valence-corrected chi connectivity index (χ3v) is 3.89. The van der Waals surface area contributed by atoms with E-state index in [1.807, 2.05) is 0 Å². The summed E-state index contributed by atoms with van der Waals surface area (Å²) < 4.78 is 21.8. The number of hydrogen-bond acceptors (Lipinski definition) is 5. The van der Waals surface area contributed by atoms with Crippen molar-refractivity contribution in [2.75, 3.05) is 44.4 Å². The van der Waals surface area contributed by atoms with Gasteiger partial charge in [0.1, 0.15) is 18.5 Å². The second-order valence-electron chi connectivity index (χ2n) is 6.09. The summed E-state index contributed by atoms with van der Waals surface area (Å²) in [5.41, 5.74) is 2.39. The van der Waals surface area contributed by atoms with E-state index >= 15 is 0 Å². The minimum atomic E-state index is 0.282. The average Bonchev–Trinajstić information content (AvgIpc) is 3.32. The van der Waals surface area contributed by atoms with E-state index in [0.717, 1.165) is 38.7 Å². The molecule has 0 saturated carbocycles. The maximum atomic E-state index is 5.83. The molecule has 3 fully saturated rings. The number of hydrogen-bond donors (Lipinski definition) is 0. The lowest BCUT2D eigenvalue weighted by Gasteiger charge is -2.24. The highest BCUT2D eigenvalue weighted by Crippen LogP contribution is 2.28. The molecule has 4 rings (SSSR count). The van der Waals surface area contributed by atoms with E-state index < -0.39 is 0 Å². The first-order valence-corrected chi connectivity index (χ1v) is 7.60. The standard InChI is InChI=1S/C16H21NO4/c1-11-2-12(4-13(3-11)18-9-16-10-21-16)17(5-14-7-19-14)6-15-8-20-15/h2-4,14-16H,5-10H2,1H3. The van der Waals surface area contributed by atoms with Crippen molar-refractivity contribution in [1.29, 1.82) is 0 Å². The largest absolute Gasteiger partial charge is 0.491 e. The van der Waals surface area contributed by atoms with E-state index in [2.05, 4.69) is 30.0 Å². The fourth-order valence-corrected chi connectivity index (χ4v) is 2.47. The quantitative estimate of drug-likeness (QED) is 0.677. The summed E-state index contributed by atoms with van der Waals surface area (Å²) in [6, 6.07) is 6.39. The maximum absolute atomic E-state index is 5.83. The molecule has 1 aromatic carbocycles. The molecule has 0 spiro atoms. The number of rotatable bonds is 8. The molecule has 0 bridgehead atoms. The molecule has 21 heavy (non-hydrogen) atoms. The highest BCUT2D eigenvalue weighted by Gasteiger charge is 2.31. The molecule has 0 N–H and O–H groups in total. The van der Waals surface area contributed by atoms with E-state index in [0.29, 0.717) is 18.8 Å². The number of benzene rings is 1. The van der Waals surface area contributed by atoms with E-state index in [1.54, 1.807) is 0 Å². The summed E-state index contributed by atoms with van der Waals surface area (Å²) in [4.78, 5) is 2.35. The zero-order valence-electron chi connectivity index (χ0n) is 12.3. The van der Waals surface area contributed by atoms with Crippen LogP contribution in [0.4, 0.5) is 5.69 Å². The number of epoxide rings is 3. The molecule has 114 valence electrons. The lowest BCUT2D eigenvalue weighted by Crippen LogP contribution is -2.31. The van der Waals surface area contributed by atoms with E-state index in [1.165, 1.54) is 11.3 Å². The third-order valence-electron chi connectivity index (χ3n) is 3.89. The van der Waals surface area contributed by atoms with Gasteiger partial charge in [-0.1, -0.05) is 0 Å². The molecular formula is C16H21NO4. The summed E-state index contributed by atoms with van der Waals surface area (Å²) in [7, 11) is 0. The van der Waals surface area contributed by atoms with Gasteiger partial charge in [-0.25, -0.2) is 0 Å². The molecule has 0 aliphatic carbocycles. The molecule has 3 aliphatic heterocycles. The normalized spacial score (nSPS) is 29.1. The Bertz CT molecular complexity index is 495. The molecule has 0 radical (unpaired) electrons. The summed E-state index contributed by atoms with van der Waals surface area (Å²) in [6.07, 6.45) is 1.02. The lowest BCUT2D eigenvalue weighted by molar-refractivity contribution is 0.263. The second kappa shape index (κ2) is 5.48. The molecule has 3 aliphatic rings. The Morgan fingerprint density at radius 3 is 2.19 bits per heavy atom. The Hall–Kier alpha value is -1.30. The summed E-state index contributed by atoms with van der Waals surface area (Å²) in [6.45, 7) is 7.15. The van der Waals surface area contributed by atoms with E-state index in [-0.39, 0.29) is 6.10 Å². The number of aryl methyl sites for hydroxylation is 1. The lowest BCUT2D eigenvalue weighted by atomic mass is 10.1. The fourth-order valence-electron chi connectivity index (χ4n) is 2.47. The Morgan fingerprint density at radius 1 is 1.00 bits per heavy atom.